The van der Waals surface area contributed by atoms with Crippen molar-refractivity contribution >= 4 is 5.82 Å². The number of benzene rings is 2. The van der Waals surface area contributed by atoms with E-state index < -0.39 is 0 Å². The second-order valence-corrected chi connectivity index (χ2v) is 4.51. The van der Waals surface area contributed by atoms with Gasteiger partial charge >= 0.3 is 0 Å². The number of rotatable bonds is 3. The summed E-state index contributed by atoms with van der Waals surface area (Å²) in [5.41, 5.74) is 8.06. The van der Waals surface area contributed by atoms with Crippen molar-refractivity contribution in [2.75, 3.05) is 12.8 Å². The highest BCUT2D eigenvalue weighted by Gasteiger charge is 2.18. The first-order valence-corrected chi connectivity index (χ1v) is 6.34. The maximum absolute atomic E-state index is 13.1. The molecular weight excluding hydrogens is 271 g/mol. The summed E-state index contributed by atoms with van der Waals surface area (Å²) < 4.78 is 23.6. The molecule has 0 aliphatic carbocycles. The first-order valence-electron chi connectivity index (χ1n) is 6.34. The van der Waals surface area contributed by atoms with E-state index in [9.17, 15) is 4.39 Å². The summed E-state index contributed by atoms with van der Waals surface area (Å²) in [6.07, 6.45) is 0. The fraction of sp³-hybridized carbons (Fsp3) is 0.0625. The smallest absolute Gasteiger partial charge is 0.177 e. The molecule has 2 aromatic carbocycles. The predicted octanol–water partition coefficient (Wildman–Crippen LogP) is 3.74. The normalized spacial score (nSPS) is 10.6. The molecular formula is C16H13FN2O2. The second kappa shape index (κ2) is 5.28. The van der Waals surface area contributed by atoms with E-state index in [-0.39, 0.29) is 11.6 Å². The molecule has 2 N–H and O–H groups in total. The molecule has 0 radical (unpaired) electrons. The van der Waals surface area contributed by atoms with Crippen molar-refractivity contribution < 1.29 is 13.7 Å². The van der Waals surface area contributed by atoms with Crippen LogP contribution in [0.1, 0.15) is 0 Å². The number of aromatic nitrogens is 1. The molecule has 3 rings (SSSR count). The van der Waals surface area contributed by atoms with Gasteiger partial charge in [0.15, 0.2) is 11.6 Å². The maximum atomic E-state index is 13.1. The topological polar surface area (TPSA) is 61.3 Å². The number of methoxy groups -OCH3 is 1. The minimum Gasteiger partial charge on any atom is -0.497 e. The number of ether oxygens (including phenoxy) is 1. The van der Waals surface area contributed by atoms with E-state index in [4.69, 9.17) is 15.0 Å². The van der Waals surface area contributed by atoms with Crippen LogP contribution in [0.5, 0.6) is 5.75 Å². The van der Waals surface area contributed by atoms with E-state index in [0.29, 0.717) is 17.1 Å². The molecule has 21 heavy (non-hydrogen) atoms. The Hall–Kier alpha value is -2.82. The van der Waals surface area contributed by atoms with Crippen LogP contribution < -0.4 is 10.5 Å². The molecule has 0 unspecified atom stereocenters. The summed E-state index contributed by atoms with van der Waals surface area (Å²) >= 11 is 0. The van der Waals surface area contributed by atoms with Crippen LogP contribution in [0.3, 0.4) is 0 Å². The van der Waals surface area contributed by atoms with Crippen molar-refractivity contribution in [2.24, 2.45) is 0 Å². The summed E-state index contributed by atoms with van der Waals surface area (Å²) in [4.78, 5) is 0. The number of hydrogen-bond donors (Lipinski definition) is 1. The monoisotopic (exact) mass is 284 g/mol. The zero-order valence-electron chi connectivity index (χ0n) is 11.3. The Balaban J connectivity index is 2.14. The summed E-state index contributed by atoms with van der Waals surface area (Å²) in [6, 6.07) is 13.4. The Morgan fingerprint density at radius 3 is 2.57 bits per heavy atom. The van der Waals surface area contributed by atoms with Gasteiger partial charge in [-0.25, -0.2) is 4.39 Å². The molecule has 5 heteroatoms. The number of halogens is 1. The summed E-state index contributed by atoms with van der Waals surface area (Å²) in [5.74, 6) is 1.18. The first-order chi connectivity index (χ1) is 10.2. The van der Waals surface area contributed by atoms with Crippen molar-refractivity contribution in [3.63, 3.8) is 0 Å². The van der Waals surface area contributed by atoms with Gasteiger partial charge in [0.2, 0.25) is 0 Å². The molecule has 0 saturated heterocycles. The van der Waals surface area contributed by atoms with Crippen LogP contribution in [0.15, 0.2) is 53.1 Å². The molecule has 0 spiro atoms. The Labute approximate surface area is 120 Å². The van der Waals surface area contributed by atoms with Crippen LogP contribution in [0, 0.1) is 5.82 Å². The molecule has 0 aliphatic rings. The lowest BCUT2D eigenvalue weighted by Crippen LogP contribution is -1.89. The third kappa shape index (κ3) is 2.45. The van der Waals surface area contributed by atoms with Crippen molar-refractivity contribution in [2.45, 2.75) is 0 Å². The van der Waals surface area contributed by atoms with Gasteiger partial charge in [-0.05, 0) is 29.8 Å². The Bertz CT molecular complexity index is 766. The standard InChI is InChI=1S/C16H13FN2O2/c1-20-13-4-2-3-11(9-13)15-14(16(18)19-21-15)10-5-7-12(17)8-6-10/h2-9H,1H3,(H2,18,19). The molecule has 0 atom stereocenters. The summed E-state index contributed by atoms with van der Waals surface area (Å²) in [6.45, 7) is 0. The van der Waals surface area contributed by atoms with Crippen molar-refractivity contribution in [3.05, 3.63) is 54.3 Å². The minimum absolute atomic E-state index is 0.263. The second-order valence-electron chi connectivity index (χ2n) is 4.51. The molecule has 0 fully saturated rings. The van der Waals surface area contributed by atoms with Gasteiger partial charge in [0.05, 0.1) is 12.7 Å². The number of nitrogens with two attached hydrogens (primary N) is 1. The highest BCUT2D eigenvalue weighted by molar-refractivity contribution is 5.86. The summed E-state index contributed by atoms with van der Waals surface area (Å²) in [5, 5.41) is 3.82. The summed E-state index contributed by atoms with van der Waals surface area (Å²) in [7, 11) is 1.59. The third-order valence-electron chi connectivity index (χ3n) is 3.18. The minimum atomic E-state index is -0.309. The van der Waals surface area contributed by atoms with Gasteiger partial charge in [-0.15, -0.1) is 0 Å². The Morgan fingerprint density at radius 1 is 1.10 bits per heavy atom. The lowest BCUT2D eigenvalue weighted by atomic mass is 10.0. The van der Waals surface area contributed by atoms with E-state index in [1.165, 1.54) is 12.1 Å². The lowest BCUT2D eigenvalue weighted by Gasteiger charge is -2.05. The Kier molecular flexibility index (Phi) is 3.31. The average Bonchev–Trinajstić information content (AvgIpc) is 2.90. The van der Waals surface area contributed by atoms with Gasteiger partial charge < -0.3 is 15.0 Å². The predicted molar refractivity (Wildman–Crippen MR) is 78.3 cm³/mol. The SMILES string of the molecule is COc1cccc(-c2onc(N)c2-c2ccc(F)cc2)c1. The number of hydrogen-bond acceptors (Lipinski definition) is 4. The highest BCUT2D eigenvalue weighted by atomic mass is 19.1. The molecule has 106 valence electrons. The van der Waals surface area contributed by atoms with E-state index in [1.807, 2.05) is 24.3 Å². The average molecular weight is 284 g/mol. The maximum Gasteiger partial charge on any atom is 0.177 e. The zero-order valence-corrected chi connectivity index (χ0v) is 11.3. The first kappa shape index (κ1) is 13.2. The Morgan fingerprint density at radius 2 is 1.86 bits per heavy atom. The van der Waals surface area contributed by atoms with E-state index in [1.54, 1.807) is 19.2 Å². The molecule has 0 saturated carbocycles. The van der Waals surface area contributed by atoms with Gasteiger partial charge in [0.1, 0.15) is 11.6 Å². The van der Waals surface area contributed by atoms with Crippen LogP contribution in [0.25, 0.3) is 22.5 Å². The van der Waals surface area contributed by atoms with Gasteiger partial charge in [-0.2, -0.15) is 0 Å². The quantitative estimate of drug-likeness (QED) is 0.796. The van der Waals surface area contributed by atoms with Gasteiger partial charge in [-0.1, -0.05) is 29.4 Å². The van der Waals surface area contributed by atoms with E-state index in [2.05, 4.69) is 5.16 Å². The van der Waals surface area contributed by atoms with E-state index in [0.717, 1.165) is 11.1 Å². The van der Waals surface area contributed by atoms with Crippen molar-refractivity contribution in [1.82, 2.24) is 5.16 Å². The van der Waals surface area contributed by atoms with Gasteiger partial charge in [0, 0.05) is 5.56 Å². The van der Waals surface area contributed by atoms with Crippen LogP contribution >= 0.6 is 0 Å². The number of anilines is 1. The molecule has 0 amide bonds. The molecule has 1 aromatic heterocycles. The largest absolute Gasteiger partial charge is 0.497 e. The number of nitrogen functional groups attached to an aromatic ring is 1. The number of nitrogens with zero attached hydrogens (tertiary/aromatic N) is 1. The van der Waals surface area contributed by atoms with Crippen molar-refractivity contribution in [1.29, 1.82) is 0 Å². The van der Waals surface area contributed by atoms with Crippen LogP contribution in [0.4, 0.5) is 10.2 Å². The molecule has 3 aromatic rings. The molecule has 4 nitrogen and oxygen atoms in total. The zero-order chi connectivity index (χ0) is 14.8. The van der Waals surface area contributed by atoms with E-state index >= 15 is 0 Å². The molecule has 0 aliphatic heterocycles. The fourth-order valence-electron chi connectivity index (χ4n) is 2.16. The molecule has 1 heterocycles. The fourth-order valence-corrected chi connectivity index (χ4v) is 2.16. The molecule has 0 bridgehead atoms. The lowest BCUT2D eigenvalue weighted by molar-refractivity contribution is 0.413. The van der Waals surface area contributed by atoms with Gasteiger partial charge in [0.25, 0.3) is 0 Å². The third-order valence-corrected chi connectivity index (χ3v) is 3.18. The van der Waals surface area contributed by atoms with Crippen LogP contribution in [0.2, 0.25) is 0 Å². The van der Waals surface area contributed by atoms with Gasteiger partial charge in [-0.3, -0.25) is 0 Å². The highest BCUT2D eigenvalue weighted by Crippen LogP contribution is 2.37. The van der Waals surface area contributed by atoms with Crippen molar-refractivity contribution in [3.8, 4) is 28.2 Å². The van der Waals surface area contributed by atoms with Crippen LogP contribution in [-0.2, 0) is 0 Å². The van der Waals surface area contributed by atoms with Crippen LogP contribution in [-0.4, -0.2) is 12.3 Å².